The predicted molar refractivity (Wildman–Crippen MR) is 197 cm³/mol. The lowest BCUT2D eigenvalue weighted by molar-refractivity contribution is -0.175. The van der Waals surface area contributed by atoms with Crippen LogP contribution in [0.2, 0.25) is 0 Å². The predicted octanol–water partition coefficient (Wildman–Crippen LogP) is 2.25. The summed E-state index contributed by atoms with van der Waals surface area (Å²) in [7, 11) is 1.40. The lowest BCUT2D eigenvalue weighted by Crippen LogP contribution is -2.67. The highest BCUT2D eigenvalue weighted by molar-refractivity contribution is 7.98. The largest absolute Gasteiger partial charge is 0.508 e. The molecule has 4 bridgehead atoms. The Kier molecular flexibility index (Phi) is 14.2. The first-order valence-corrected chi connectivity index (χ1v) is 18.7. The minimum atomic E-state index is -0.960. The molecule has 4 amide bonds. The topological polar surface area (TPSA) is 189 Å². The molecular weight excluding hydrogens is 694 g/mol. The smallest absolute Gasteiger partial charge is 0.313 e. The summed E-state index contributed by atoms with van der Waals surface area (Å²) in [6.45, 7) is -0.413. The maximum absolute atomic E-state index is 14.0. The number of carbonyl (C=O) groups excluding carboxylic acids is 5. The number of methoxy groups -OCH3 is 1. The summed E-state index contributed by atoms with van der Waals surface area (Å²) in [4.78, 5) is 66.7. The molecule has 6 rings (SSSR count). The lowest BCUT2D eigenvalue weighted by Gasteiger charge is -2.59. The fourth-order valence-corrected chi connectivity index (χ4v) is 8.88. The van der Waals surface area contributed by atoms with Crippen LogP contribution in [0, 0.1) is 23.2 Å². The van der Waals surface area contributed by atoms with Crippen molar-refractivity contribution in [1.82, 2.24) is 21.3 Å². The monoisotopic (exact) mass is 743 g/mol. The Bertz CT molecular complexity index is 1520. The number of halogens is 1. The van der Waals surface area contributed by atoms with Gasteiger partial charge in [0.25, 0.3) is 0 Å². The fraction of sp³-hybridized carbons (Fsp3) is 0.541. The third-order valence-corrected chi connectivity index (χ3v) is 11.2. The number of rotatable bonds is 16. The third-order valence-electron chi connectivity index (χ3n) is 10.5. The van der Waals surface area contributed by atoms with E-state index in [2.05, 4.69) is 21.3 Å². The number of ether oxygens (including phenoxy) is 1. The van der Waals surface area contributed by atoms with Crippen LogP contribution in [0.25, 0.3) is 0 Å². The van der Waals surface area contributed by atoms with E-state index in [0.29, 0.717) is 36.9 Å². The average Bonchev–Trinajstić information content (AvgIpc) is 3.10. The second-order valence-corrected chi connectivity index (χ2v) is 15.1. The SMILES string of the molecule is COC(=O)C12CC3CC(CC(C3)C1NC(=O)[C@H](Cc1ccccc1)NC(=O)CNC(=O)[C@@H](CCSC)NC(=O)[C@@H](N)Cc1ccc(O)cc1)C2.Cl. The number of carbonyl (C=O) groups is 5. The highest BCUT2D eigenvalue weighted by Crippen LogP contribution is 2.60. The van der Waals surface area contributed by atoms with Crippen molar-refractivity contribution in [3.8, 4) is 5.75 Å². The van der Waals surface area contributed by atoms with Gasteiger partial charge in [0.1, 0.15) is 17.8 Å². The standard InChI is InChI=1S/C37H49N5O7S.ClH/c1-49-36(48)37-19-24-14-25(20-37)16-26(15-24)32(37)42-35(47)30(18-22-6-4-3-5-7-22)40-31(44)21-39-34(46)29(12-13-50-2)41-33(45)28(38)17-23-8-10-27(43)11-9-23;/h3-11,24-26,28-30,32,43H,12-21,38H2,1-2H3,(H,39,46)(H,40,44)(H,41,45)(H,42,47);1H/t24?,25?,26?,28-,29+,30-,32?,37?;/m0./s1. The van der Waals surface area contributed by atoms with E-state index in [0.717, 1.165) is 30.4 Å². The van der Waals surface area contributed by atoms with E-state index in [9.17, 15) is 29.1 Å². The van der Waals surface area contributed by atoms with Crippen LogP contribution in [0.5, 0.6) is 5.75 Å². The summed E-state index contributed by atoms with van der Waals surface area (Å²) in [5.41, 5.74) is 6.96. The van der Waals surface area contributed by atoms with E-state index in [1.165, 1.54) is 31.0 Å². The molecule has 2 aromatic carbocycles. The fourth-order valence-electron chi connectivity index (χ4n) is 8.40. The van der Waals surface area contributed by atoms with Crippen LogP contribution in [0.3, 0.4) is 0 Å². The van der Waals surface area contributed by atoms with Crippen LogP contribution in [-0.2, 0) is 41.6 Å². The number of phenols is 1. The van der Waals surface area contributed by atoms with Gasteiger partial charge < -0.3 is 36.8 Å². The molecule has 278 valence electrons. The van der Waals surface area contributed by atoms with Gasteiger partial charge in [-0.1, -0.05) is 42.5 Å². The summed E-state index contributed by atoms with van der Waals surface area (Å²) in [6, 6.07) is 12.5. The molecular formula is C37H50ClN5O7S. The molecule has 4 saturated carbocycles. The molecule has 4 fully saturated rings. The number of benzene rings is 2. The second-order valence-electron chi connectivity index (χ2n) is 14.1. The highest BCUT2D eigenvalue weighted by Gasteiger charge is 2.62. The summed E-state index contributed by atoms with van der Waals surface area (Å²) in [5.74, 6) is -0.555. The Morgan fingerprint density at radius 2 is 1.53 bits per heavy atom. The first-order valence-electron chi connectivity index (χ1n) is 17.3. The first kappa shape index (κ1) is 40.0. The summed E-state index contributed by atoms with van der Waals surface area (Å²) in [6.07, 6.45) is 7.03. The molecule has 4 aliphatic rings. The van der Waals surface area contributed by atoms with Crippen LogP contribution in [0.4, 0.5) is 0 Å². The molecule has 0 aliphatic heterocycles. The highest BCUT2D eigenvalue weighted by atomic mass is 35.5. The summed E-state index contributed by atoms with van der Waals surface area (Å²) >= 11 is 1.51. The zero-order valence-corrected chi connectivity index (χ0v) is 30.7. The number of thioether (sulfide) groups is 1. The molecule has 6 atom stereocenters. The van der Waals surface area contributed by atoms with Gasteiger partial charge in [0.2, 0.25) is 23.6 Å². The Morgan fingerprint density at radius 3 is 2.16 bits per heavy atom. The van der Waals surface area contributed by atoms with Crippen molar-refractivity contribution in [2.75, 3.05) is 25.7 Å². The van der Waals surface area contributed by atoms with Crippen LogP contribution < -0.4 is 27.0 Å². The van der Waals surface area contributed by atoms with Crippen molar-refractivity contribution in [2.45, 2.75) is 75.5 Å². The Morgan fingerprint density at radius 1 is 0.882 bits per heavy atom. The van der Waals surface area contributed by atoms with E-state index < -0.39 is 47.8 Å². The van der Waals surface area contributed by atoms with Gasteiger partial charge in [0, 0.05) is 12.5 Å². The van der Waals surface area contributed by atoms with Crippen molar-refractivity contribution < 1.29 is 33.8 Å². The number of nitrogens with one attached hydrogen (secondary N) is 4. The number of amides is 4. The molecule has 2 aromatic rings. The van der Waals surface area contributed by atoms with E-state index in [-0.39, 0.29) is 54.8 Å². The van der Waals surface area contributed by atoms with Crippen molar-refractivity contribution >= 4 is 53.8 Å². The van der Waals surface area contributed by atoms with Crippen molar-refractivity contribution in [2.24, 2.45) is 28.9 Å². The third kappa shape index (κ3) is 9.95. The Hall–Kier alpha value is -3.81. The number of aromatic hydroxyl groups is 1. The van der Waals surface area contributed by atoms with Gasteiger partial charge in [-0.05, 0) is 98.0 Å². The van der Waals surface area contributed by atoms with Crippen molar-refractivity contribution in [1.29, 1.82) is 0 Å². The van der Waals surface area contributed by atoms with E-state index in [1.54, 1.807) is 12.1 Å². The van der Waals surface area contributed by atoms with Gasteiger partial charge in [0.15, 0.2) is 0 Å². The zero-order chi connectivity index (χ0) is 35.8. The molecule has 51 heavy (non-hydrogen) atoms. The molecule has 0 aromatic heterocycles. The molecule has 0 heterocycles. The van der Waals surface area contributed by atoms with Crippen LogP contribution in [0.15, 0.2) is 54.6 Å². The minimum absolute atomic E-state index is 0. The van der Waals surface area contributed by atoms with Crippen molar-refractivity contribution in [3.63, 3.8) is 0 Å². The van der Waals surface area contributed by atoms with Crippen LogP contribution in [0.1, 0.15) is 49.7 Å². The lowest BCUT2D eigenvalue weighted by atomic mass is 9.47. The normalized spacial score (nSPS) is 24.6. The maximum Gasteiger partial charge on any atom is 0.313 e. The molecule has 0 spiro atoms. The quantitative estimate of drug-likeness (QED) is 0.140. The van der Waals surface area contributed by atoms with E-state index in [1.807, 2.05) is 36.6 Å². The molecule has 0 saturated heterocycles. The average molecular weight is 744 g/mol. The molecule has 14 heteroatoms. The van der Waals surface area contributed by atoms with Crippen LogP contribution >= 0.6 is 24.2 Å². The van der Waals surface area contributed by atoms with Gasteiger partial charge in [-0.2, -0.15) is 11.8 Å². The van der Waals surface area contributed by atoms with Gasteiger partial charge >= 0.3 is 5.97 Å². The Balaban J connectivity index is 0.00000583. The second kappa shape index (κ2) is 18.1. The van der Waals surface area contributed by atoms with E-state index >= 15 is 0 Å². The minimum Gasteiger partial charge on any atom is -0.508 e. The summed E-state index contributed by atoms with van der Waals surface area (Å²) < 4.78 is 5.29. The molecule has 7 N–H and O–H groups in total. The van der Waals surface area contributed by atoms with Gasteiger partial charge in [-0.3, -0.25) is 24.0 Å². The van der Waals surface area contributed by atoms with Gasteiger partial charge in [-0.15, -0.1) is 12.4 Å². The van der Waals surface area contributed by atoms with Gasteiger partial charge in [0.05, 0.1) is 25.1 Å². The molecule has 0 radical (unpaired) electrons. The Labute approximate surface area is 309 Å². The molecule has 3 unspecified atom stereocenters. The first-order chi connectivity index (χ1) is 24.0. The number of phenolic OH excluding ortho intramolecular Hbond substituents is 1. The van der Waals surface area contributed by atoms with Crippen molar-refractivity contribution in [3.05, 3.63) is 65.7 Å². The molecule has 4 aliphatic carbocycles. The molecule has 12 nitrogen and oxygen atoms in total. The van der Waals surface area contributed by atoms with Crippen LogP contribution in [-0.4, -0.2) is 84.5 Å². The number of hydrogen-bond donors (Lipinski definition) is 6. The number of esters is 1. The maximum atomic E-state index is 14.0. The van der Waals surface area contributed by atoms with E-state index in [4.69, 9.17) is 10.5 Å². The zero-order valence-electron chi connectivity index (χ0n) is 29.1. The number of hydrogen-bond acceptors (Lipinski definition) is 9. The summed E-state index contributed by atoms with van der Waals surface area (Å²) in [5, 5.41) is 20.8. The number of nitrogens with two attached hydrogens (primary N) is 1. The van der Waals surface area contributed by atoms with Gasteiger partial charge in [-0.25, -0.2) is 0 Å².